The van der Waals surface area contributed by atoms with E-state index in [1.807, 2.05) is 32.0 Å². The first-order valence-electron chi connectivity index (χ1n) is 5.26. The third-order valence-corrected chi connectivity index (χ3v) is 2.48. The van der Waals surface area contributed by atoms with Crippen molar-refractivity contribution in [2.75, 3.05) is 13.1 Å². The van der Waals surface area contributed by atoms with Crippen molar-refractivity contribution in [2.24, 2.45) is 0 Å². The van der Waals surface area contributed by atoms with Gasteiger partial charge in [0.2, 0.25) is 0 Å². The molecule has 0 bridgehead atoms. The summed E-state index contributed by atoms with van der Waals surface area (Å²) in [7, 11) is 0. The molecule has 0 radical (unpaired) electrons. The Hall–Kier alpha value is -1.02. The van der Waals surface area contributed by atoms with Gasteiger partial charge < -0.3 is 10.4 Å². The van der Waals surface area contributed by atoms with Crippen LogP contribution in [0.5, 0.6) is 5.75 Å². The largest absolute Gasteiger partial charge is 0.872 e. The first kappa shape index (κ1) is 11.1. The Labute approximate surface area is 86.0 Å². The third kappa shape index (κ3) is 3.38. The average molecular weight is 193 g/mol. The summed E-state index contributed by atoms with van der Waals surface area (Å²) in [5.41, 5.74) is 1.66. The van der Waals surface area contributed by atoms with Gasteiger partial charge in [0.25, 0.3) is 0 Å². The van der Waals surface area contributed by atoms with Crippen LogP contribution in [0.3, 0.4) is 0 Å². The second kappa shape index (κ2) is 5.66. The molecule has 1 fully saturated rings. The van der Waals surface area contributed by atoms with E-state index in [-0.39, 0.29) is 5.75 Å². The summed E-state index contributed by atoms with van der Waals surface area (Å²) in [4.78, 5) is 0. The quantitative estimate of drug-likeness (QED) is 0.648. The summed E-state index contributed by atoms with van der Waals surface area (Å²) in [5, 5.41) is 13.3. The highest BCUT2D eigenvalue weighted by Gasteiger charge is 1.97. The van der Waals surface area contributed by atoms with Crippen LogP contribution in [0.1, 0.15) is 24.0 Å². The molecule has 78 valence electrons. The van der Waals surface area contributed by atoms with Crippen LogP contribution in [0.4, 0.5) is 0 Å². The number of benzene rings is 1. The van der Waals surface area contributed by atoms with Gasteiger partial charge in [-0.05, 0) is 13.8 Å². The number of hydrogen-bond donors (Lipinski definition) is 1. The SMILES string of the molecule is C1CC[NH2+]C1.Cc1cccc(C)c1[O-]. The van der Waals surface area contributed by atoms with Crippen molar-refractivity contribution in [3.05, 3.63) is 29.3 Å². The van der Waals surface area contributed by atoms with E-state index in [9.17, 15) is 5.11 Å². The van der Waals surface area contributed by atoms with Gasteiger partial charge in [0.1, 0.15) is 0 Å². The molecule has 1 aliphatic heterocycles. The van der Waals surface area contributed by atoms with E-state index < -0.39 is 0 Å². The number of hydrogen-bond acceptors (Lipinski definition) is 1. The van der Waals surface area contributed by atoms with Crippen LogP contribution in [0.15, 0.2) is 18.2 Å². The van der Waals surface area contributed by atoms with E-state index in [0.29, 0.717) is 0 Å². The molecule has 0 unspecified atom stereocenters. The molecule has 1 aromatic carbocycles. The average Bonchev–Trinajstić information content (AvgIpc) is 2.72. The lowest BCUT2D eigenvalue weighted by molar-refractivity contribution is -0.635. The Morgan fingerprint density at radius 1 is 1.07 bits per heavy atom. The van der Waals surface area contributed by atoms with Crippen LogP contribution in [0.2, 0.25) is 0 Å². The fraction of sp³-hybridized carbons (Fsp3) is 0.500. The molecule has 0 amide bonds. The normalized spacial score (nSPS) is 14.7. The number of aryl methyl sites for hydroxylation is 2. The van der Waals surface area contributed by atoms with Gasteiger partial charge in [0, 0.05) is 12.8 Å². The second-order valence-electron chi connectivity index (χ2n) is 3.79. The van der Waals surface area contributed by atoms with Gasteiger partial charge in [-0.3, -0.25) is 0 Å². The fourth-order valence-electron chi connectivity index (χ4n) is 1.52. The topological polar surface area (TPSA) is 39.7 Å². The molecule has 1 aromatic rings. The van der Waals surface area contributed by atoms with Crippen LogP contribution >= 0.6 is 0 Å². The molecule has 1 heterocycles. The molecule has 0 saturated carbocycles. The summed E-state index contributed by atoms with van der Waals surface area (Å²) in [5.74, 6) is 0.164. The van der Waals surface area contributed by atoms with Gasteiger partial charge in [-0.15, -0.1) is 5.75 Å². The lowest BCUT2D eigenvalue weighted by atomic mass is 10.1. The highest BCUT2D eigenvalue weighted by atomic mass is 16.3. The Balaban J connectivity index is 0.000000165. The van der Waals surface area contributed by atoms with Crippen LogP contribution in [-0.4, -0.2) is 13.1 Å². The van der Waals surface area contributed by atoms with Crippen molar-refractivity contribution < 1.29 is 10.4 Å². The predicted octanol–water partition coefficient (Wildman–Crippen LogP) is 0.721. The van der Waals surface area contributed by atoms with Crippen LogP contribution < -0.4 is 10.4 Å². The van der Waals surface area contributed by atoms with E-state index in [4.69, 9.17) is 0 Å². The molecule has 1 saturated heterocycles. The number of quaternary nitrogens is 1. The molecule has 0 aromatic heterocycles. The van der Waals surface area contributed by atoms with E-state index in [0.717, 1.165) is 11.1 Å². The molecular weight excluding hydrogens is 174 g/mol. The van der Waals surface area contributed by atoms with E-state index >= 15 is 0 Å². The van der Waals surface area contributed by atoms with Gasteiger partial charge in [0.15, 0.2) is 0 Å². The van der Waals surface area contributed by atoms with Gasteiger partial charge in [-0.25, -0.2) is 0 Å². The van der Waals surface area contributed by atoms with Gasteiger partial charge in [0.05, 0.1) is 13.1 Å². The molecule has 2 heteroatoms. The summed E-state index contributed by atoms with van der Waals surface area (Å²) in [6.45, 7) is 6.41. The van der Waals surface area contributed by atoms with E-state index in [1.165, 1.54) is 25.9 Å². The maximum Gasteiger partial charge on any atom is 0.0757 e. The zero-order valence-electron chi connectivity index (χ0n) is 9.05. The van der Waals surface area contributed by atoms with Crippen LogP contribution in [0, 0.1) is 13.8 Å². The fourth-order valence-corrected chi connectivity index (χ4v) is 1.52. The Morgan fingerprint density at radius 2 is 1.57 bits per heavy atom. The zero-order chi connectivity index (χ0) is 10.4. The maximum atomic E-state index is 11.0. The lowest BCUT2D eigenvalue weighted by Crippen LogP contribution is -2.80. The predicted molar refractivity (Wildman–Crippen MR) is 56.3 cm³/mol. The Bertz CT molecular complexity index is 252. The molecule has 0 atom stereocenters. The Morgan fingerprint density at radius 3 is 1.86 bits per heavy atom. The van der Waals surface area contributed by atoms with E-state index in [2.05, 4.69) is 5.32 Å². The second-order valence-corrected chi connectivity index (χ2v) is 3.79. The maximum absolute atomic E-state index is 11.0. The smallest absolute Gasteiger partial charge is 0.0757 e. The minimum atomic E-state index is 0.164. The van der Waals surface area contributed by atoms with Gasteiger partial charge in [-0.2, -0.15) is 0 Å². The van der Waals surface area contributed by atoms with Gasteiger partial charge in [-0.1, -0.05) is 29.3 Å². The van der Waals surface area contributed by atoms with E-state index in [1.54, 1.807) is 0 Å². The van der Waals surface area contributed by atoms with Crippen LogP contribution in [-0.2, 0) is 0 Å². The van der Waals surface area contributed by atoms with Crippen LogP contribution in [0.25, 0.3) is 0 Å². The number of nitrogens with two attached hydrogens (primary N) is 1. The standard InChI is InChI=1S/C8H10O.C4H9N/c1-6-4-3-5-7(2)8(6)9;1-2-4-5-3-1/h3-5,9H,1-2H3;5H,1-4H2. The van der Waals surface area contributed by atoms with Crippen molar-refractivity contribution in [3.8, 4) is 5.75 Å². The molecule has 2 nitrogen and oxygen atoms in total. The summed E-state index contributed by atoms with van der Waals surface area (Å²) in [6, 6.07) is 5.55. The van der Waals surface area contributed by atoms with Crippen molar-refractivity contribution in [2.45, 2.75) is 26.7 Å². The first-order valence-corrected chi connectivity index (χ1v) is 5.26. The highest BCUT2D eigenvalue weighted by Crippen LogP contribution is 2.15. The summed E-state index contributed by atoms with van der Waals surface area (Å²) >= 11 is 0. The van der Waals surface area contributed by atoms with Gasteiger partial charge >= 0.3 is 0 Å². The summed E-state index contributed by atoms with van der Waals surface area (Å²) < 4.78 is 0. The molecule has 2 N–H and O–H groups in total. The number of para-hydroxylation sites is 1. The molecule has 2 rings (SSSR count). The minimum absolute atomic E-state index is 0.164. The van der Waals surface area contributed by atoms with Crippen molar-refractivity contribution >= 4 is 0 Å². The first-order chi connectivity index (χ1) is 6.72. The molecule has 0 spiro atoms. The monoisotopic (exact) mass is 193 g/mol. The highest BCUT2D eigenvalue weighted by molar-refractivity contribution is 5.36. The molecule has 1 aliphatic rings. The third-order valence-electron chi connectivity index (χ3n) is 2.48. The lowest BCUT2D eigenvalue weighted by Gasteiger charge is -2.12. The molecule has 14 heavy (non-hydrogen) atoms. The van der Waals surface area contributed by atoms with Crippen molar-refractivity contribution in [1.29, 1.82) is 0 Å². The molecule has 0 aliphatic carbocycles. The van der Waals surface area contributed by atoms with Crippen molar-refractivity contribution in [1.82, 2.24) is 0 Å². The summed E-state index contributed by atoms with van der Waals surface area (Å²) in [6.07, 6.45) is 2.89. The van der Waals surface area contributed by atoms with Crippen molar-refractivity contribution in [3.63, 3.8) is 0 Å². The number of rotatable bonds is 0. The minimum Gasteiger partial charge on any atom is -0.872 e. The Kier molecular flexibility index (Phi) is 4.47. The zero-order valence-corrected chi connectivity index (χ0v) is 9.05. The molecular formula is C12H19NO.